The first-order valence-corrected chi connectivity index (χ1v) is 7.80. The summed E-state index contributed by atoms with van der Waals surface area (Å²) in [6.45, 7) is 11.9. The van der Waals surface area contributed by atoms with Gasteiger partial charge in [0.25, 0.3) is 0 Å². The Hall–Kier alpha value is -0.650. The highest BCUT2D eigenvalue weighted by Gasteiger charge is 2.15. The SMILES string of the molecule is CCN(CCOC)c1ncc(Br)cc1CNC(C)(C)C. The van der Waals surface area contributed by atoms with Crippen LogP contribution in [0.25, 0.3) is 0 Å². The molecule has 0 amide bonds. The normalized spacial score (nSPS) is 11.7. The van der Waals surface area contributed by atoms with E-state index in [1.165, 1.54) is 5.56 Å². The third-order valence-electron chi connectivity index (χ3n) is 2.97. The van der Waals surface area contributed by atoms with Gasteiger partial charge in [0.05, 0.1) is 6.61 Å². The lowest BCUT2D eigenvalue weighted by molar-refractivity contribution is 0.205. The van der Waals surface area contributed by atoms with E-state index < -0.39 is 0 Å². The summed E-state index contributed by atoms with van der Waals surface area (Å²) in [5.41, 5.74) is 1.29. The Labute approximate surface area is 131 Å². The van der Waals surface area contributed by atoms with Gasteiger partial charge in [-0.1, -0.05) is 0 Å². The summed E-state index contributed by atoms with van der Waals surface area (Å²) < 4.78 is 6.19. The van der Waals surface area contributed by atoms with E-state index in [-0.39, 0.29) is 5.54 Å². The number of halogens is 1. The van der Waals surface area contributed by atoms with Gasteiger partial charge in [-0.2, -0.15) is 0 Å². The summed E-state index contributed by atoms with van der Waals surface area (Å²) >= 11 is 3.51. The summed E-state index contributed by atoms with van der Waals surface area (Å²) in [6, 6.07) is 2.14. The minimum absolute atomic E-state index is 0.0865. The number of hydrogen-bond donors (Lipinski definition) is 1. The van der Waals surface area contributed by atoms with Gasteiger partial charge in [0.1, 0.15) is 5.82 Å². The molecule has 0 saturated carbocycles. The van der Waals surface area contributed by atoms with Crippen molar-refractivity contribution in [3.63, 3.8) is 0 Å². The van der Waals surface area contributed by atoms with Crippen molar-refractivity contribution in [1.29, 1.82) is 0 Å². The molecule has 0 radical (unpaired) electrons. The van der Waals surface area contributed by atoms with Gasteiger partial charge in [0.15, 0.2) is 0 Å². The number of nitrogens with zero attached hydrogens (tertiary/aromatic N) is 2. The number of hydrogen-bond acceptors (Lipinski definition) is 4. The minimum atomic E-state index is 0.0865. The van der Waals surface area contributed by atoms with Crippen LogP contribution in [0.1, 0.15) is 33.3 Å². The maximum Gasteiger partial charge on any atom is 0.133 e. The summed E-state index contributed by atoms with van der Waals surface area (Å²) in [6.07, 6.45) is 1.85. The zero-order chi connectivity index (χ0) is 15.2. The Kier molecular flexibility index (Phi) is 6.92. The highest BCUT2D eigenvalue weighted by Crippen LogP contribution is 2.22. The van der Waals surface area contributed by atoms with Crippen LogP contribution >= 0.6 is 15.9 Å². The Morgan fingerprint density at radius 3 is 2.65 bits per heavy atom. The lowest BCUT2D eigenvalue weighted by atomic mass is 10.1. The van der Waals surface area contributed by atoms with E-state index in [9.17, 15) is 0 Å². The van der Waals surface area contributed by atoms with Crippen molar-refractivity contribution in [3.8, 4) is 0 Å². The topological polar surface area (TPSA) is 37.4 Å². The van der Waals surface area contributed by atoms with Crippen LogP contribution < -0.4 is 10.2 Å². The van der Waals surface area contributed by atoms with Crippen molar-refractivity contribution < 1.29 is 4.74 Å². The maximum absolute atomic E-state index is 5.18. The Morgan fingerprint density at radius 1 is 1.40 bits per heavy atom. The summed E-state index contributed by atoms with van der Waals surface area (Å²) in [5.74, 6) is 1.03. The molecule has 0 bridgehead atoms. The molecule has 114 valence electrons. The van der Waals surface area contributed by atoms with E-state index in [0.29, 0.717) is 6.61 Å². The number of anilines is 1. The van der Waals surface area contributed by atoms with Crippen molar-refractivity contribution >= 4 is 21.7 Å². The first-order valence-electron chi connectivity index (χ1n) is 7.00. The molecule has 1 aromatic heterocycles. The molecule has 0 fully saturated rings. The van der Waals surface area contributed by atoms with Gasteiger partial charge in [0.2, 0.25) is 0 Å². The predicted octanol–water partition coefficient (Wildman–Crippen LogP) is 3.20. The second-order valence-electron chi connectivity index (χ2n) is 5.81. The third kappa shape index (κ3) is 5.77. The molecule has 0 aliphatic rings. The predicted molar refractivity (Wildman–Crippen MR) is 88.3 cm³/mol. The average molecular weight is 344 g/mol. The molecule has 20 heavy (non-hydrogen) atoms. The fraction of sp³-hybridized carbons (Fsp3) is 0.667. The Balaban J connectivity index is 2.93. The number of aromatic nitrogens is 1. The average Bonchev–Trinajstić information content (AvgIpc) is 2.38. The van der Waals surface area contributed by atoms with E-state index in [4.69, 9.17) is 4.74 Å². The molecule has 0 saturated heterocycles. The van der Waals surface area contributed by atoms with Crippen LogP contribution in [0.4, 0.5) is 5.82 Å². The molecule has 0 aliphatic heterocycles. The third-order valence-corrected chi connectivity index (χ3v) is 3.40. The smallest absolute Gasteiger partial charge is 0.133 e. The molecule has 0 aliphatic carbocycles. The molecule has 1 rings (SSSR count). The van der Waals surface area contributed by atoms with Crippen molar-refractivity contribution in [3.05, 3.63) is 22.3 Å². The van der Waals surface area contributed by atoms with Gasteiger partial charge in [-0.25, -0.2) is 4.98 Å². The summed E-state index contributed by atoms with van der Waals surface area (Å²) in [5, 5.41) is 3.52. The van der Waals surface area contributed by atoms with E-state index in [1.54, 1.807) is 7.11 Å². The van der Waals surface area contributed by atoms with Crippen LogP contribution in [0.15, 0.2) is 16.7 Å². The number of rotatable bonds is 7. The molecule has 5 heteroatoms. The molecule has 0 aromatic carbocycles. The van der Waals surface area contributed by atoms with Crippen LogP contribution in [0.2, 0.25) is 0 Å². The van der Waals surface area contributed by atoms with Crippen LogP contribution in [0, 0.1) is 0 Å². The van der Waals surface area contributed by atoms with E-state index in [2.05, 4.69) is 64.9 Å². The second-order valence-corrected chi connectivity index (χ2v) is 6.73. The van der Waals surface area contributed by atoms with Gasteiger partial charge >= 0.3 is 0 Å². The second kappa shape index (κ2) is 7.96. The molecule has 1 aromatic rings. The highest BCUT2D eigenvalue weighted by atomic mass is 79.9. The molecular formula is C15H26BrN3O. The number of likely N-dealkylation sites (N-methyl/N-ethyl adjacent to an activating group) is 1. The van der Waals surface area contributed by atoms with Crippen molar-refractivity contribution in [2.24, 2.45) is 0 Å². The molecule has 4 nitrogen and oxygen atoms in total. The highest BCUT2D eigenvalue weighted by molar-refractivity contribution is 9.10. The largest absolute Gasteiger partial charge is 0.383 e. The first-order chi connectivity index (χ1) is 9.37. The van der Waals surface area contributed by atoms with Crippen LogP contribution in [0.3, 0.4) is 0 Å². The standard InChI is InChI=1S/C15H26BrN3O/c1-6-19(7-8-20-5)14-12(9-13(16)11-17-14)10-18-15(2,3)4/h9,11,18H,6-8,10H2,1-5H3. The van der Waals surface area contributed by atoms with Crippen LogP contribution in [0.5, 0.6) is 0 Å². The number of nitrogens with one attached hydrogen (secondary N) is 1. The van der Waals surface area contributed by atoms with Gasteiger partial charge in [-0.15, -0.1) is 0 Å². The molecule has 1 N–H and O–H groups in total. The summed E-state index contributed by atoms with van der Waals surface area (Å²) in [7, 11) is 1.73. The van der Waals surface area contributed by atoms with E-state index >= 15 is 0 Å². The van der Waals surface area contributed by atoms with Gasteiger partial charge < -0.3 is 15.0 Å². The minimum Gasteiger partial charge on any atom is -0.383 e. The fourth-order valence-electron chi connectivity index (χ4n) is 1.86. The zero-order valence-corrected chi connectivity index (χ0v) is 14.7. The number of methoxy groups -OCH3 is 1. The van der Waals surface area contributed by atoms with Crippen LogP contribution in [-0.4, -0.2) is 37.3 Å². The van der Waals surface area contributed by atoms with Crippen molar-refractivity contribution in [2.75, 3.05) is 31.7 Å². The van der Waals surface area contributed by atoms with Gasteiger partial charge in [-0.05, 0) is 49.7 Å². The van der Waals surface area contributed by atoms with Crippen molar-refractivity contribution in [2.45, 2.75) is 39.8 Å². The van der Waals surface area contributed by atoms with E-state index in [1.807, 2.05) is 6.20 Å². The molecule has 0 spiro atoms. The lowest BCUT2D eigenvalue weighted by Crippen LogP contribution is -2.36. The molecule has 0 unspecified atom stereocenters. The first kappa shape index (κ1) is 17.4. The fourth-order valence-corrected chi connectivity index (χ4v) is 2.24. The maximum atomic E-state index is 5.18. The Bertz CT molecular complexity index is 418. The van der Waals surface area contributed by atoms with Gasteiger partial charge in [0, 0.05) is 48.5 Å². The quantitative estimate of drug-likeness (QED) is 0.824. The summed E-state index contributed by atoms with van der Waals surface area (Å²) in [4.78, 5) is 6.83. The van der Waals surface area contributed by atoms with Crippen molar-refractivity contribution in [1.82, 2.24) is 10.3 Å². The number of ether oxygens (including phenoxy) is 1. The van der Waals surface area contributed by atoms with Gasteiger partial charge in [-0.3, -0.25) is 0 Å². The molecular weight excluding hydrogens is 318 g/mol. The lowest BCUT2D eigenvalue weighted by Gasteiger charge is -2.26. The number of pyridine rings is 1. The Morgan fingerprint density at radius 2 is 2.10 bits per heavy atom. The zero-order valence-electron chi connectivity index (χ0n) is 13.2. The van der Waals surface area contributed by atoms with Crippen LogP contribution in [-0.2, 0) is 11.3 Å². The molecule has 0 atom stereocenters. The van der Waals surface area contributed by atoms with E-state index in [0.717, 1.165) is 29.9 Å². The monoisotopic (exact) mass is 343 g/mol. The molecule has 1 heterocycles.